The van der Waals surface area contributed by atoms with Crippen LogP contribution in [0.3, 0.4) is 0 Å². The Balaban J connectivity index is 1.06. The molecule has 0 radical (unpaired) electrons. The number of nitrogens with one attached hydrogen (secondary N) is 2. The molecule has 0 heterocycles. The number of allylic oxidation sites excluding steroid dienone is 2. The van der Waals surface area contributed by atoms with E-state index in [1.54, 1.807) is 17.0 Å². The van der Waals surface area contributed by atoms with E-state index in [1.807, 2.05) is 26.2 Å². The molecule has 7 nitrogen and oxygen atoms in total. The topological polar surface area (TPSA) is 98.7 Å². The fraction of sp³-hybridized carbons (Fsp3) is 0.766. The van der Waals surface area contributed by atoms with Gasteiger partial charge in [-0.25, -0.2) is 9.59 Å². The maximum absolute atomic E-state index is 14.1. The van der Waals surface area contributed by atoms with E-state index in [-0.39, 0.29) is 56.5 Å². The molecule has 0 spiro atoms. The summed E-state index contributed by atoms with van der Waals surface area (Å²) in [6.45, 7) is 19.8. The van der Waals surface area contributed by atoms with Gasteiger partial charge < -0.3 is 20.6 Å². The van der Waals surface area contributed by atoms with E-state index in [1.165, 1.54) is 62.5 Å². The Morgan fingerprint density at radius 2 is 1.44 bits per heavy atom. The Bertz CT molecular complexity index is 1760. The summed E-state index contributed by atoms with van der Waals surface area (Å²) >= 11 is 0. The van der Waals surface area contributed by atoms with Crippen LogP contribution in [0.4, 0.5) is 4.79 Å². The molecule has 3 amide bonds. The van der Waals surface area contributed by atoms with Crippen molar-refractivity contribution in [3.8, 4) is 0 Å². The van der Waals surface area contributed by atoms with Crippen molar-refractivity contribution in [1.82, 2.24) is 15.5 Å². The zero-order chi connectivity index (χ0) is 39.0. The number of hydrogen-bond acceptors (Lipinski definition) is 3. The number of carbonyl (C=O) groups is 3. The molecule has 0 aliphatic heterocycles. The van der Waals surface area contributed by atoms with Crippen LogP contribution in [0.1, 0.15) is 148 Å². The van der Waals surface area contributed by atoms with E-state index in [0.717, 1.165) is 19.3 Å². The highest BCUT2D eigenvalue weighted by Crippen LogP contribution is 2.78. The summed E-state index contributed by atoms with van der Waals surface area (Å²) in [4.78, 5) is 40.3. The van der Waals surface area contributed by atoms with Crippen molar-refractivity contribution < 1.29 is 19.5 Å². The molecule has 7 aliphatic carbocycles. The zero-order valence-corrected chi connectivity index (χ0v) is 35.0. The quantitative estimate of drug-likeness (QED) is 0.271. The first-order chi connectivity index (χ1) is 25.1. The predicted molar refractivity (Wildman–Crippen MR) is 215 cm³/mol. The first-order valence-corrected chi connectivity index (χ1v) is 21.5. The molecule has 54 heavy (non-hydrogen) atoms. The van der Waals surface area contributed by atoms with E-state index in [9.17, 15) is 19.5 Å². The number of nitrogens with zero attached hydrogens (tertiary/aromatic N) is 1. The number of rotatable bonds is 6. The van der Waals surface area contributed by atoms with Gasteiger partial charge in [0, 0.05) is 31.6 Å². The van der Waals surface area contributed by atoms with Crippen LogP contribution in [0.5, 0.6) is 0 Å². The normalized spacial score (nSPS) is 43.4. The third kappa shape index (κ3) is 5.20. The average Bonchev–Trinajstić information content (AvgIpc) is 3.73. The number of amides is 3. The molecule has 2 unspecified atom stereocenters. The van der Waals surface area contributed by atoms with Crippen LogP contribution in [0.15, 0.2) is 30.3 Å². The second kappa shape index (κ2) is 12.1. The van der Waals surface area contributed by atoms with Gasteiger partial charge in [-0.3, -0.25) is 4.79 Å². The van der Waals surface area contributed by atoms with Gasteiger partial charge in [-0.15, -0.1) is 0 Å². The number of fused-ring (bicyclic) bond motifs is 7. The van der Waals surface area contributed by atoms with Crippen molar-refractivity contribution in [2.75, 3.05) is 14.1 Å². The lowest BCUT2D eigenvalue weighted by molar-refractivity contribution is -0.221. The molecule has 296 valence electrons. The van der Waals surface area contributed by atoms with Crippen LogP contribution in [0.25, 0.3) is 5.57 Å². The number of urea groups is 1. The van der Waals surface area contributed by atoms with Gasteiger partial charge in [0.2, 0.25) is 5.91 Å². The lowest BCUT2D eigenvalue weighted by Crippen LogP contribution is -2.70. The fourth-order valence-electron chi connectivity index (χ4n) is 15.4. The number of carboxylic acids is 1. The van der Waals surface area contributed by atoms with Crippen molar-refractivity contribution in [2.45, 2.75) is 144 Å². The van der Waals surface area contributed by atoms with Gasteiger partial charge in [-0.05, 0) is 162 Å². The molecule has 0 aromatic heterocycles. The van der Waals surface area contributed by atoms with Crippen molar-refractivity contribution >= 4 is 23.5 Å². The first-order valence-electron chi connectivity index (χ1n) is 21.5. The van der Waals surface area contributed by atoms with E-state index in [4.69, 9.17) is 0 Å². The second-order valence-corrected chi connectivity index (χ2v) is 22.1. The fourth-order valence-corrected chi connectivity index (χ4v) is 15.4. The largest absolute Gasteiger partial charge is 0.478 e. The Morgan fingerprint density at radius 1 is 0.759 bits per heavy atom. The summed E-state index contributed by atoms with van der Waals surface area (Å²) < 4.78 is 0. The van der Waals surface area contributed by atoms with Crippen LogP contribution in [-0.4, -0.2) is 53.6 Å². The number of benzene rings is 1. The van der Waals surface area contributed by atoms with Gasteiger partial charge >= 0.3 is 12.0 Å². The van der Waals surface area contributed by atoms with Gasteiger partial charge in [-0.1, -0.05) is 73.6 Å². The second-order valence-electron chi connectivity index (χ2n) is 22.1. The number of aromatic carboxylic acids is 1. The maximum atomic E-state index is 14.1. The molecule has 6 fully saturated rings. The molecule has 3 N–H and O–H groups in total. The Hall–Kier alpha value is -2.83. The van der Waals surface area contributed by atoms with Crippen molar-refractivity contribution in [3.63, 3.8) is 0 Å². The molecule has 1 aromatic rings. The summed E-state index contributed by atoms with van der Waals surface area (Å²) in [6.07, 6.45) is 16.5. The minimum atomic E-state index is -0.874. The summed E-state index contributed by atoms with van der Waals surface area (Å²) in [7, 11) is 3.66. The Kier molecular flexibility index (Phi) is 8.52. The van der Waals surface area contributed by atoms with Crippen molar-refractivity contribution in [2.24, 2.45) is 68.0 Å². The van der Waals surface area contributed by atoms with Crippen molar-refractivity contribution in [3.05, 3.63) is 41.5 Å². The minimum Gasteiger partial charge on any atom is -0.478 e. The van der Waals surface area contributed by atoms with Crippen molar-refractivity contribution in [1.29, 1.82) is 0 Å². The average molecular weight is 740 g/mol. The highest BCUT2D eigenvalue weighted by molar-refractivity contribution is 5.88. The molecular weight excluding hydrogens is 671 g/mol. The zero-order valence-electron chi connectivity index (χ0n) is 35.0. The van der Waals surface area contributed by atoms with Crippen LogP contribution < -0.4 is 10.6 Å². The van der Waals surface area contributed by atoms with E-state index < -0.39 is 5.97 Å². The van der Waals surface area contributed by atoms with Gasteiger partial charge in [0.1, 0.15) is 0 Å². The van der Waals surface area contributed by atoms with E-state index in [0.29, 0.717) is 47.0 Å². The molecule has 7 aliphatic rings. The standard InChI is InChI=1S/C47H69N3O4/c1-41(2)30(28-11-13-29(14-12-28)39(52)53)17-20-44(6)34(41)19-21-46(8)35(44)16-15-32-37-31(43(5)23-24-43)18-22-47(37,26-25-45(32,46)7)49-40(54)48-36-27-33(42(36,3)4)38(51)50(9)10/h11-14,17,31-37H,15-16,18-27H2,1-10H3,(H,52,53)(H2,48,49,54)/t31-,32-,33-,34+,35?,36-,37?,44+,45-,46-,47+/m1/s1. The summed E-state index contributed by atoms with van der Waals surface area (Å²) in [5.74, 6) is 2.17. The minimum absolute atomic E-state index is 0.00283. The van der Waals surface area contributed by atoms with Gasteiger partial charge in [-0.2, -0.15) is 0 Å². The van der Waals surface area contributed by atoms with Crippen LogP contribution in [0.2, 0.25) is 0 Å². The SMILES string of the molecule is CN(C)C(=O)[C@H]1C[C@@H](NC(=O)N[C@]23CC[C@@H](C4(C)CC4)C2[C@H]2CCC4[C@@]5(C)CC=C(c6ccc(C(=O)O)cc6)C(C)(C)[C@@H]5CC[C@@]4(C)[C@]2(C)CC3)C1(C)C. The Morgan fingerprint density at radius 3 is 2.06 bits per heavy atom. The van der Waals surface area contributed by atoms with Crippen LogP contribution in [0, 0.1) is 68.0 Å². The smallest absolute Gasteiger partial charge is 0.335 e. The molecule has 0 bridgehead atoms. The molecule has 11 atom stereocenters. The summed E-state index contributed by atoms with van der Waals surface area (Å²) in [5.41, 5.74) is 3.48. The summed E-state index contributed by atoms with van der Waals surface area (Å²) in [6, 6.07) is 7.56. The van der Waals surface area contributed by atoms with Crippen LogP contribution >= 0.6 is 0 Å². The number of hydrogen-bond donors (Lipinski definition) is 3. The molecule has 7 heteroatoms. The first kappa shape index (κ1) is 38.1. The molecule has 8 rings (SSSR count). The van der Waals surface area contributed by atoms with Crippen LogP contribution in [-0.2, 0) is 4.79 Å². The predicted octanol–water partition coefficient (Wildman–Crippen LogP) is 9.81. The molecule has 1 aromatic carbocycles. The van der Waals surface area contributed by atoms with Gasteiger partial charge in [0.05, 0.1) is 5.56 Å². The monoisotopic (exact) mass is 740 g/mol. The third-order valence-electron chi connectivity index (χ3n) is 19.1. The van der Waals surface area contributed by atoms with E-state index in [2.05, 4.69) is 72.1 Å². The lowest BCUT2D eigenvalue weighted by atomic mass is 9.32. The highest BCUT2D eigenvalue weighted by atomic mass is 16.4. The molecule has 0 saturated heterocycles. The third-order valence-corrected chi connectivity index (χ3v) is 19.1. The van der Waals surface area contributed by atoms with Gasteiger partial charge in [0.25, 0.3) is 0 Å². The lowest BCUT2D eigenvalue weighted by Gasteiger charge is -2.72. The molecule has 6 saturated carbocycles. The molecular formula is C47H69N3O4. The Labute approximate surface area is 325 Å². The van der Waals surface area contributed by atoms with Gasteiger partial charge in [0.15, 0.2) is 0 Å². The number of carboxylic acid groups (broad SMARTS) is 1. The van der Waals surface area contributed by atoms with E-state index >= 15 is 0 Å². The summed E-state index contributed by atoms with van der Waals surface area (Å²) in [5, 5.41) is 16.7. The highest BCUT2D eigenvalue weighted by Gasteiger charge is 2.72. The maximum Gasteiger partial charge on any atom is 0.335 e. The number of carbonyl (C=O) groups excluding carboxylic acids is 2.